The van der Waals surface area contributed by atoms with E-state index >= 15 is 0 Å². The van der Waals surface area contributed by atoms with Gasteiger partial charge in [0, 0.05) is 13.1 Å². The predicted octanol–water partition coefficient (Wildman–Crippen LogP) is 3.45. The van der Waals surface area contributed by atoms with Crippen molar-refractivity contribution in [2.24, 2.45) is 11.3 Å². The largest absolute Gasteiger partial charge is 0.445 e. The minimum absolute atomic E-state index is 0.160. The van der Waals surface area contributed by atoms with E-state index in [0.29, 0.717) is 12.0 Å². The number of carbonyl (C=O) groups excluding carboxylic acids is 1. The lowest BCUT2D eigenvalue weighted by atomic mass is 9.91. The van der Waals surface area contributed by atoms with Gasteiger partial charge < -0.3 is 9.64 Å². The molecule has 2 fully saturated rings. The lowest BCUT2D eigenvalue weighted by molar-refractivity contribution is 0.0782. The zero-order valence-electron chi connectivity index (χ0n) is 11.5. The second-order valence-corrected chi connectivity index (χ2v) is 5.99. The van der Waals surface area contributed by atoms with Crippen molar-refractivity contribution in [3.8, 4) is 0 Å². The van der Waals surface area contributed by atoms with Crippen molar-refractivity contribution in [1.29, 1.82) is 0 Å². The number of nitrogens with zero attached hydrogens (tertiary/aromatic N) is 1. The lowest BCUT2D eigenvalue weighted by Crippen LogP contribution is -2.39. The normalized spacial score (nSPS) is 24.3. The highest BCUT2D eigenvalue weighted by molar-refractivity contribution is 5.67. The van der Waals surface area contributed by atoms with Crippen LogP contribution in [0, 0.1) is 11.3 Å². The van der Waals surface area contributed by atoms with Gasteiger partial charge in [0.25, 0.3) is 0 Å². The zero-order chi connectivity index (χ0) is 13.3. The first kappa shape index (κ1) is 12.5. The van der Waals surface area contributed by atoms with Crippen LogP contribution in [0.3, 0.4) is 0 Å². The Kier molecular flexibility index (Phi) is 3.21. The highest BCUT2D eigenvalue weighted by Gasteiger charge is 2.52. The molecule has 1 aromatic rings. The van der Waals surface area contributed by atoms with E-state index in [-0.39, 0.29) is 6.09 Å². The van der Waals surface area contributed by atoms with Crippen LogP contribution in [-0.4, -0.2) is 24.1 Å². The number of likely N-dealkylation sites (tertiary alicyclic amines) is 1. The summed E-state index contributed by atoms with van der Waals surface area (Å²) >= 11 is 0. The second-order valence-electron chi connectivity index (χ2n) is 5.99. The summed E-state index contributed by atoms with van der Waals surface area (Å²) < 4.78 is 5.37. The van der Waals surface area contributed by atoms with Crippen molar-refractivity contribution in [2.45, 2.75) is 32.8 Å². The second kappa shape index (κ2) is 4.87. The molecule has 0 unspecified atom stereocenters. The molecule has 1 aliphatic heterocycles. The Bertz CT molecular complexity index is 449. The van der Waals surface area contributed by atoms with Crippen molar-refractivity contribution in [2.75, 3.05) is 13.1 Å². The summed E-state index contributed by atoms with van der Waals surface area (Å²) in [5, 5.41) is 0. The molecule has 1 spiro atoms. The molecular formula is C16H21NO2. The van der Waals surface area contributed by atoms with Gasteiger partial charge in [0.1, 0.15) is 6.61 Å². The number of piperidine rings is 1. The molecule has 1 aromatic carbocycles. The zero-order valence-corrected chi connectivity index (χ0v) is 11.5. The molecule has 1 amide bonds. The molecule has 3 nitrogen and oxygen atoms in total. The number of benzene rings is 1. The Morgan fingerprint density at radius 2 is 1.95 bits per heavy atom. The van der Waals surface area contributed by atoms with Gasteiger partial charge in [-0.2, -0.15) is 0 Å². The number of rotatable bonds is 2. The van der Waals surface area contributed by atoms with Gasteiger partial charge in [-0.05, 0) is 36.2 Å². The standard InChI is InChI=1S/C16H21NO2/c1-13-11-16(13)7-9-17(10-8-16)15(18)19-12-14-5-3-2-4-6-14/h2-6,13H,7-12H2,1H3/t13-/m1/s1. The Balaban J connectivity index is 1.46. The maximum absolute atomic E-state index is 12.0. The van der Waals surface area contributed by atoms with Gasteiger partial charge in [-0.25, -0.2) is 4.79 Å². The van der Waals surface area contributed by atoms with Crippen LogP contribution in [0.25, 0.3) is 0 Å². The van der Waals surface area contributed by atoms with Crippen molar-refractivity contribution < 1.29 is 9.53 Å². The van der Waals surface area contributed by atoms with Gasteiger partial charge >= 0.3 is 6.09 Å². The van der Waals surface area contributed by atoms with Crippen LogP contribution in [0.5, 0.6) is 0 Å². The van der Waals surface area contributed by atoms with Gasteiger partial charge in [-0.1, -0.05) is 37.3 Å². The smallest absolute Gasteiger partial charge is 0.410 e. The van der Waals surface area contributed by atoms with Crippen LogP contribution in [0.4, 0.5) is 4.79 Å². The highest BCUT2D eigenvalue weighted by Crippen LogP contribution is 2.58. The van der Waals surface area contributed by atoms with E-state index in [1.807, 2.05) is 35.2 Å². The first-order valence-corrected chi connectivity index (χ1v) is 7.15. The minimum atomic E-state index is -0.160. The number of amides is 1. The summed E-state index contributed by atoms with van der Waals surface area (Å²) in [4.78, 5) is 13.8. The average molecular weight is 259 g/mol. The number of carbonyl (C=O) groups is 1. The quantitative estimate of drug-likeness (QED) is 0.814. The molecular weight excluding hydrogens is 238 g/mol. The van der Waals surface area contributed by atoms with Crippen LogP contribution in [0.1, 0.15) is 31.7 Å². The fraction of sp³-hybridized carbons (Fsp3) is 0.562. The molecule has 1 heterocycles. The summed E-state index contributed by atoms with van der Waals surface area (Å²) in [6, 6.07) is 9.84. The molecule has 1 aliphatic carbocycles. The topological polar surface area (TPSA) is 29.5 Å². The first-order valence-electron chi connectivity index (χ1n) is 7.15. The molecule has 2 aliphatic rings. The molecule has 0 bridgehead atoms. The highest BCUT2D eigenvalue weighted by atomic mass is 16.6. The van der Waals surface area contributed by atoms with E-state index in [1.54, 1.807) is 0 Å². The van der Waals surface area contributed by atoms with E-state index < -0.39 is 0 Å². The van der Waals surface area contributed by atoms with Crippen LogP contribution in [0.15, 0.2) is 30.3 Å². The van der Waals surface area contributed by atoms with E-state index in [9.17, 15) is 4.79 Å². The SMILES string of the molecule is C[C@@H]1CC12CCN(C(=O)OCc1ccccc1)CC2. The van der Waals surface area contributed by atoms with Crippen LogP contribution in [0.2, 0.25) is 0 Å². The Hall–Kier alpha value is -1.51. The van der Waals surface area contributed by atoms with Crippen LogP contribution in [-0.2, 0) is 11.3 Å². The van der Waals surface area contributed by atoms with Gasteiger partial charge in [-0.15, -0.1) is 0 Å². The Morgan fingerprint density at radius 1 is 1.32 bits per heavy atom. The van der Waals surface area contributed by atoms with E-state index in [0.717, 1.165) is 37.4 Å². The van der Waals surface area contributed by atoms with E-state index in [4.69, 9.17) is 4.74 Å². The number of ether oxygens (including phenoxy) is 1. The van der Waals surface area contributed by atoms with Crippen molar-refractivity contribution in [1.82, 2.24) is 4.90 Å². The monoisotopic (exact) mass is 259 g/mol. The third-order valence-electron chi connectivity index (χ3n) is 4.82. The van der Waals surface area contributed by atoms with Crippen LogP contribution < -0.4 is 0 Å². The minimum Gasteiger partial charge on any atom is -0.445 e. The Morgan fingerprint density at radius 3 is 2.53 bits per heavy atom. The average Bonchev–Trinajstić information content (AvgIpc) is 3.07. The molecule has 102 valence electrons. The van der Waals surface area contributed by atoms with Gasteiger partial charge in [0.2, 0.25) is 0 Å². The third kappa shape index (κ3) is 2.60. The van der Waals surface area contributed by atoms with Crippen molar-refractivity contribution in [3.05, 3.63) is 35.9 Å². The molecule has 0 aromatic heterocycles. The molecule has 0 N–H and O–H groups in total. The van der Waals surface area contributed by atoms with E-state index in [2.05, 4.69) is 6.92 Å². The summed E-state index contributed by atoms with van der Waals surface area (Å²) in [6.07, 6.45) is 3.48. The predicted molar refractivity (Wildman–Crippen MR) is 73.6 cm³/mol. The summed E-state index contributed by atoms with van der Waals surface area (Å²) in [5.74, 6) is 0.856. The fourth-order valence-electron chi connectivity index (χ4n) is 3.19. The maximum Gasteiger partial charge on any atom is 0.410 e. The fourth-order valence-corrected chi connectivity index (χ4v) is 3.19. The molecule has 19 heavy (non-hydrogen) atoms. The lowest BCUT2D eigenvalue weighted by Gasteiger charge is -2.32. The van der Waals surface area contributed by atoms with Gasteiger partial charge in [0.15, 0.2) is 0 Å². The van der Waals surface area contributed by atoms with Gasteiger partial charge in [-0.3, -0.25) is 0 Å². The van der Waals surface area contributed by atoms with Crippen molar-refractivity contribution in [3.63, 3.8) is 0 Å². The molecule has 1 saturated carbocycles. The van der Waals surface area contributed by atoms with Crippen molar-refractivity contribution >= 4 is 6.09 Å². The summed E-state index contributed by atoms with van der Waals surface area (Å²) in [7, 11) is 0. The number of hydrogen-bond donors (Lipinski definition) is 0. The maximum atomic E-state index is 12.0. The first-order chi connectivity index (χ1) is 9.20. The molecule has 1 atom stereocenters. The molecule has 3 heteroatoms. The number of hydrogen-bond acceptors (Lipinski definition) is 2. The molecule has 1 saturated heterocycles. The summed E-state index contributed by atoms with van der Waals surface area (Å²) in [5.41, 5.74) is 1.61. The molecule has 3 rings (SSSR count). The summed E-state index contributed by atoms with van der Waals surface area (Å²) in [6.45, 7) is 4.41. The van der Waals surface area contributed by atoms with E-state index in [1.165, 1.54) is 6.42 Å². The third-order valence-corrected chi connectivity index (χ3v) is 4.82. The van der Waals surface area contributed by atoms with Crippen LogP contribution >= 0.6 is 0 Å². The Labute approximate surface area is 114 Å². The van der Waals surface area contributed by atoms with Gasteiger partial charge in [0.05, 0.1) is 0 Å². The molecule has 0 radical (unpaired) electrons.